The van der Waals surface area contributed by atoms with Crippen molar-refractivity contribution in [2.24, 2.45) is 0 Å². The van der Waals surface area contributed by atoms with E-state index in [9.17, 15) is 0 Å². The molecule has 0 spiro atoms. The van der Waals surface area contributed by atoms with Gasteiger partial charge in [0, 0.05) is 34.7 Å². The Labute approximate surface area is 314 Å². The zero-order valence-electron chi connectivity index (χ0n) is 29.5. The van der Waals surface area contributed by atoms with Crippen LogP contribution in [0.1, 0.15) is 22.3 Å². The fourth-order valence-corrected chi connectivity index (χ4v) is 7.91. The van der Waals surface area contributed by atoms with Gasteiger partial charge < -0.3 is 9.80 Å². The van der Waals surface area contributed by atoms with Crippen molar-refractivity contribution in [2.75, 3.05) is 16.5 Å². The molecule has 54 heavy (non-hydrogen) atoms. The molecule has 10 rings (SSSR count). The normalized spacial score (nSPS) is 12.3. The van der Waals surface area contributed by atoms with Gasteiger partial charge in [0.05, 0.1) is 27.9 Å². The van der Waals surface area contributed by atoms with Crippen LogP contribution in [0.15, 0.2) is 200 Å². The number of hydrogen-bond donors (Lipinski definition) is 0. The number of pyridine rings is 2. The lowest BCUT2D eigenvalue weighted by Crippen LogP contribution is -2.23. The van der Waals surface area contributed by atoms with E-state index >= 15 is 0 Å². The number of rotatable bonds is 7. The zero-order valence-corrected chi connectivity index (χ0v) is 29.5. The molecule has 0 unspecified atom stereocenters. The van der Waals surface area contributed by atoms with Crippen LogP contribution in [-0.2, 0) is 0 Å². The molecule has 5 heteroatoms. The summed E-state index contributed by atoms with van der Waals surface area (Å²) in [6, 6.07) is 66.5. The van der Waals surface area contributed by atoms with Crippen LogP contribution in [0.5, 0.6) is 0 Å². The molecule has 1 aliphatic rings. The summed E-state index contributed by atoms with van der Waals surface area (Å²) in [6.45, 7) is 0.702. The first-order valence-corrected chi connectivity index (χ1v) is 18.3. The Morgan fingerprint density at radius 2 is 1.00 bits per heavy atom. The first-order valence-electron chi connectivity index (χ1n) is 18.3. The summed E-state index contributed by atoms with van der Waals surface area (Å²) in [4.78, 5) is 14.8. The molecule has 0 N–H and O–H groups in total. The maximum absolute atomic E-state index is 5.24. The molecule has 0 radical (unpaired) electrons. The molecular formula is C49H35N5. The molecule has 0 bridgehead atoms. The van der Waals surface area contributed by atoms with Crippen LogP contribution in [0.25, 0.3) is 38.9 Å². The van der Waals surface area contributed by atoms with E-state index in [0.717, 1.165) is 66.8 Å². The third-order valence-corrected chi connectivity index (χ3v) is 10.3. The van der Waals surface area contributed by atoms with Crippen molar-refractivity contribution in [3.8, 4) is 5.82 Å². The highest BCUT2D eigenvalue weighted by atomic mass is 15.4. The van der Waals surface area contributed by atoms with Crippen molar-refractivity contribution in [3.63, 3.8) is 0 Å². The van der Waals surface area contributed by atoms with Gasteiger partial charge in [0.25, 0.3) is 0 Å². The van der Waals surface area contributed by atoms with Crippen LogP contribution in [0, 0.1) is 0 Å². The highest BCUT2D eigenvalue weighted by Crippen LogP contribution is 2.45. The van der Waals surface area contributed by atoms with Crippen LogP contribution < -0.4 is 9.80 Å². The molecule has 0 saturated heterocycles. The molecule has 9 aromatic rings. The highest BCUT2D eigenvalue weighted by Gasteiger charge is 2.28. The van der Waals surface area contributed by atoms with Gasteiger partial charge in [-0.15, -0.1) is 0 Å². The quantitative estimate of drug-likeness (QED) is 0.156. The van der Waals surface area contributed by atoms with Crippen molar-refractivity contribution in [1.29, 1.82) is 0 Å². The fraction of sp³-hybridized carbons (Fsp3) is 0.0204. The van der Waals surface area contributed by atoms with Crippen molar-refractivity contribution in [1.82, 2.24) is 14.5 Å². The second-order valence-corrected chi connectivity index (χ2v) is 13.5. The molecule has 0 amide bonds. The standard InChI is InChI=1S/C49H35N5/c1-4-17-35(18-5-1)47(36-19-6-2-7-20-36)48(38-32-45-49(51-33-38)41-25-10-11-26-42(41)54(45)46-29-14-15-30-50-46)37-21-16-24-40(31-37)53-34-52(39-22-8-3-9-23-39)43-27-12-13-28-44(43)53/h1-33H,34H2. The Bertz CT molecular complexity index is 2750. The second kappa shape index (κ2) is 13.4. The van der Waals surface area contributed by atoms with E-state index in [1.54, 1.807) is 0 Å². The molecule has 256 valence electrons. The van der Waals surface area contributed by atoms with E-state index in [4.69, 9.17) is 9.97 Å². The number of para-hydroxylation sites is 4. The van der Waals surface area contributed by atoms with Gasteiger partial charge in [-0.2, -0.15) is 0 Å². The third-order valence-electron chi connectivity index (χ3n) is 10.3. The molecule has 0 saturated carbocycles. The molecule has 1 aliphatic heterocycles. The van der Waals surface area contributed by atoms with Gasteiger partial charge in [-0.1, -0.05) is 127 Å². The first-order chi connectivity index (χ1) is 26.8. The predicted molar refractivity (Wildman–Crippen MR) is 223 cm³/mol. The smallest absolute Gasteiger partial charge is 0.137 e. The average Bonchev–Trinajstić information content (AvgIpc) is 3.80. The van der Waals surface area contributed by atoms with E-state index in [-0.39, 0.29) is 0 Å². The number of hydrogen-bond acceptors (Lipinski definition) is 4. The van der Waals surface area contributed by atoms with Gasteiger partial charge >= 0.3 is 0 Å². The van der Waals surface area contributed by atoms with Gasteiger partial charge in [0.15, 0.2) is 0 Å². The molecule has 3 aromatic heterocycles. The Morgan fingerprint density at radius 1 is 0.426 bits per heavy atom. The molecule has 6 aromatic carbocycles. The molecule has 4 heterocycles. The van der Waals surface area contributed by atoms with E-state index in [0.29, 0.717) is 6.67 Å². The number of nitrogens with zero attached hydrogens (tertiary/aromatic N) is 5. The third kappa shape index (κ3) is 5.42. The fourth-order valence-electron chi connectivity index (χ4n) is 7.91. The summed E-state index contributed by atoms with van der Waals surface area (Å²) in [6.07, 6.45) is 3.90. The lowest BCUT2D eigenvalue weighted by molar-refractivity contribution is 0.991. The summed E-state index contributed by atoms with van der Waals surface area (Å²) in [5.41, 5.74) is 14.3. The topological polar surface area (TPSA) is 37.2 Å². The minimum Gasteiger partial charge on any atom is -0.321 e. The summed E-state index contributed by atoms with van der Waals surface area (Å²) in [5, 5.41) is 1.10. The molecule has 0 fully saturated rings. The summed E-state index contributed by atoms with van der Waals surface area (Å²) >= 11 is 0. The SMILES string of the molecule is c1ccc(C(=C(c2cccc(N3CN(c4ccccc4)c4ccccc43)c2)c2cnc3c4ccccc4n(-c4ccccn4)c3c2)c2ccccc2)cc1. The zero-order chi connectivity index (χ0) is 35.8. The lowest BCUT2D eigenvalue weighted by atomic mass is 9.86. The maximum atomic E-state index is 5.24. The van der Waals surface area contributed by atoms with Crippen LogP contribution in [0.4, 0.5) is 22.7 Å². The van der Waals surface area contributed by atoms with Crippen LogP contribution in [0.2, 0.25) is 0 Å². The number of anilines is 4. The van der Waals surface area contributed by atoms with Gasteiger partial charge in [-0.3, -0.25) is 9.55 Å². The van der Waals surface area contributed by atoms with Crippen molar-refractivity contribution >= 4 is 55.8 Å². The van der Waals surface area contributed by atoms with E-state index in [1.807, 2.05) is 24.5 Å². The molecule has 0 atom stereocenters. The largest absolute Gasteiger partial charge is 0.321 e. The lowest BCUT2D eigenvalue weighted by Gasteiger charge is -2.23. The van der Waals surface area contributed by atoms with Gasteiger partial charge in [0.2, 0.25) is 0 Å². The Morgan fingerprint density at radius 3 is 1.70 bits per heavy atom. The monoisotopic (exact) mass is 693 g/mol. The minimum atomic E-state index is 0.702. The van der Waals surface area contributed by atoms with E-state index < -0.39 is 0 Å². The predicted octanol–water partition coefficient (Wildman–Crippen LogP) is 11.8. The Hall–Kier alpha value is -7.24. The molecular weight excluding hydrogens is 659 g/mol. The van der Waals surface area contributed by atoms with Crippen LogP contribution in [-0.4, -0.2) is 21.2 Å². The Kier molecular flexibility index (Phi) is 7.81. The number of fused-ring (bicyclic) bond motifs is 4. The number of benzene rings is 6. The van der Waals surface area contributed by atoms with Gasteiger partial charge in [-0.05, 0) is 88.5 Å². The van der Waals surface area contributed by atoms with Crippen LogP contribution in [0.3, 0.4) is 0 Å². The summed E-state index contributed by atoms with van der Waals surface area (Å²) in [5.74, 6) is 0.859. The van der Waals surface area contributed by atoms with Crippen LogP contribution >= 0.6 is 0 Å². The summed E-state index contributed by atoms with van der Waals surface area (Å²) < 4.78 is 2.24. The molecule has 0 aliphatic carbocycles. The first kappa shape index (κ1) is 31.5. The average molecular weight is 694 g/mol. The second-order valence-electron chi connectivity index (χ2n) is 13.5. The molecule has 5 nitrogen and oxygen atoms in total. The van der Waals surface area contributed by atoms with Crippen molar-refractivity contribution < 1.29 is 0 Å². The minimum absolute atomic E-state index is 0.702. The Balaban J connectivity index is 1.22. The summed E-state index contributed by atoms with van der Waals surface area (Å²) in [7, 11) is 0. The highest BCUT2D eigenvalue weighted by molar-refractivity contribution is 6.10. The van der Waals surface area contributed by atoms with Crippen molar-refractivity contribution in [2.45, 2.75) is 0 Å². The van der Waals surface area contributed by atoms with Gasteiger partial charge in [-0.25, -0.2) is 4.98 Å². The van der Waals surface area contributed by atoms with E-state index in [1.165, 1.54) is 17.1 Å². The van der Waals surface area contributed by atoms with Gasteiger partial charge in [0.1, 0.15) is 12.5 Å². The van der Waals surface area contributed by atoms with E-state index in [2.05, 4.69) is 190 Å². The number of aromatic nitrogens is 3. The maximum Gasteiger partial charge on any atom is 0.137 e. The van der Waals surface area contributed by atoms with Crippen molar-refractivity contribution in [3.05, 3.63) is 223 Å².